The van der Waals surface area contributed by atoms with Crippen molar-refractivity contribution < 1.29 is 14.0 Å². The molecular weight excluding hydrogens is 723 g/mol. The van der Waals surface area contributed by atoms with Crippen LogP contribution in [-0.2, 0) is 4.79 Å². The Balaban J connectivity index is 1.04. The summed E-state index contributed by atoms with van der Waals surface area (Å²) in [4.78, 5) is 38.8. The van der Waals surface area contributed by atoms with Gasteiger partial charge in [-0.25, -0.2) is 14.4 Å². The number of amides is 1. The number of anilines is 1. The number of fused-ring (bicyclic) bond motifs is 2. The molecule has 6 rings (SSSR count). The van der Waals surface area contributed by atoms with Gasteiger partial charge in [-0.15, -0.1) is 22.7 Å². The Labute approximate surface area is 281 Å². The zero-order valence-electron chi connectivity index (χ0n) is 22.4. The number of rotatable bonds is 10. The third kappa shape index (κ3) is 7.56. The fourth-order valence-electron chi connectivity index (χ4n) is 4.02. The molecule has 0 fully saturated rings. The van der Waals surface area contributed by atoms with Gasteiger partial charge in [-0.05, 0) is 60.7 Å². The van der Waals surface area contributed by atoms with Gasteiger partial charge in [0.15, 0.2) is 14.5 Å². The van der Waals surface area contributed by atoms with Gasteiger partial charge in [0, 0.05) is 27.5 Å². The summed E-state index contributed by atoms with van der Waals surface area (Å²) in [7, 11) is 0. The van der Waals surface area contributed by atoms with Gasteiger partial charge in [0.1, 0.15) is 5.82 Å². The van der Waals surface area contributed by atoms with Crippen LogP contribution in [0.3, 0.4) is 0 Å². The maximum atomic E-state index is 14.0. The highest BCUT2D eigenvalue weighted by molar-refractivity contribution is 9.10. The van der Waals surface area contributed by atoms with Crippen molar-refractivity contribution in [2.24, 2.45) is 4.99 Å². The predicted molar refractivity (Wildman–Crippen MR) is 186 cm³/mol. The summed E-state index contributed by atoms with van der Waals surface area (Å²) >= 11 is 15.2. The van der Waals surface area contributed by atoms with E-state index in [1.54, 1.807) is 30.3 Å². The molecule has 0 atom stereocenters. The lowest BCUT2D eigenvalue weighted by Crippen LogP contribution is -2.13. The van der Waals surface area contributed by atoms with E-state index in [1.165, 1.54) is 58.5 Å². The van der Waals surface area contributed by atoms with E-state index in [9.17, 15) is 14.0 Å². The van der Waals surface area contributed by atoms with Gasteiger partial charge in [0.2, 0.25) is 5.91 Å². The maximum Gasteiger partial charge on any atom is 0.234 e. The smallest absolute Gasteiger partial charge is 0.234 e. The number of thioether (sulfide) groups is 2. The number of aromatic nitrogens is 2. The molecule has 0 aliphatic carbocycles. The van der Waals surface area contributed by atoms with Crippen molar-refractivity contribution in [3.63, 3.8) is 0 Å². The molecule has 0 unspecified atom stereocenters. The fourth-order valence-corrected chi connectivity index (χ4v) is 8.40. The molecule has 6 aromatic rings. The quantitative estimate of drug-likeness (QED) is 0.0855. The van der Waals surface area contributed by atoms with Crippen molar-refractivity contribution in [3.05, 3.63) is 105 Å². The molecule has 0 spiro atoms. The lowest BCUT2D eigenvalue weighted by atomic mass is 10.2. The number of Topliss-reactive ketones (excluding diaryl/α,β-unsaturated/α-hetero) is 1. The third-order valence-corrected chi connectivity index (χ3v) is 11.3. The highest BCUT2D eigenvalue weighted by Gasteiger charge is 2.13. The van der Waals surface area contributed by atoms with E-state index in [1.807, 2.05) is 42.5 Å². The first-order valence-corrected chi connectivity index (χ1v) is 17.7. The van der Waals surface area contributed by atoms with Gasteiger partial charge in [0.05, 0.1) is 42.6 Å². The number of benzene rings is 4. The van der Waals surface area contributed by atoms with Crippen LogP contribution >= 0.6 is 73.7 Å². The van der Waals surface area contributed by atoms with E-state index in [4.69, 9.17) is 11.6 Å². The number of halogens is 3. The Hall–Kier alpha value is -3.13. The number of carbonyl (C=O) groups excluding carboxylic acids is 2. The average Bonchev–Trinajstić information content (AvgIpc) is 3.62. The summed E-state index contributed by atoms with van der Waals surface area (Å²) in [5.74, 6) is -0.0602. The Morgan fingerprint density at radius 1 is 0.909 bits per heavy atom. The van der Waals surface area contributed by atoms with E-state index in [0.29, 0.717) is 27.7 Å². The number of carbonyl (C=O) groups is 2. The van der Waals surface area contributed by atoms with E-state index in [2.05, 4.69) is 36.2 Å². The van der Waals surface area contributed by atoms with Crippen molar-refractivity contribution in [2.45, 2.75) is 8.68 Å². The van der Waals surface area contributed by atoms with Crippen LogP contribution < -0.4 is 5.32 Å². The lowest BCUT2D eigenvalue weighted by Gasteiger charge is -2.03. The SMILES string of the molecule is O=C(CSc1nc2ccc(N=Cc3c(F)cccc3Cl)cc2s1)Nc1ccc2nc(SCC(=O)c3ccc(Br)cc3)sc2c1. The molecule has 0 aliphatic heterocycles. The molecule has 1 N–H and O–H groups in total. The van der Waals surface area contributed by atoms with Gasteiger partial charge in [-0.1, -0.05) is 69.3 Å². The van der Waals surface area contributed by atoms with Gasteiger partial charge < -0.3 is 5.32 Å². The Morgan fingerprint density at radius 2 is 1.59 bits per heavy atom. The van der Waals surface area contributed by atoms with Crippen LogP contribution in [0, 0.1) is 5.82 Å². The zero-order valence-corrected chi connectivity index (χ0v) is 28.0. The Kier molecular flexibility index (Phi) is 9.74. The fraction of sp³-hybridized carbons (Fsp3) is 0.0645. The highest BCUT2D eigenvalue weighted by Crippen LogP contribution is 2.34. The molecular formula is C31H19BrClFN4O2S4. The lowest BCUT2D eigenvalue weighted by molar-refractivity contribution is -0.113. The van der Waals surface area contributed by atoms with E-state index in [-0.39, 0.29) is 23.0 Å². The van der Waals surface area contributed by atoms with Gasteiger partial charge >= 0.3 is 0 Å². The molecule has 1 amide bonds. The largest absolute Gasteiger partial charge is 0.325 e. The van der Waals surface area contributed by atoms with Crippen LogP contribution in [-0.4, -0.2) is 39.4 Å². The standard InChI is InChI=1S/C31H19BrClFN4O2S4/c32-18-6-4-17(5-7-18)26(39)15-41-30-37-25-11-9-20(13-28(25)44-30)36-29(40)16-42-31-38-24-10-8-19(12-27(24)43-31)35-14-21-22(33)2-1-3-23(21)34/h1-14H,15-16H2,(H,36,40). The summed E-state index contributed by atoms with van der Waals surface area (Å²) in [5.41, 5.74) is 3.83. The van der Waals surface area contributed by atoms with Crippen LogP contribution in [0.1, 0.15) is 15.9 Å². The molecule has 0 saturated carbocycles. The predicted octanol–water partition coefficient (Wildman–Crippen LogP) is 9.92. The molecule has 0 bridgehead atoms. The first-order valence-electron chi connectivity index (χ1n) is 12.9. The second kappa shape index (κ2) is 13.9. The minimum atomic E-state index is -0.436. The molecule has 0 aliphatic rings. The molecule has 13 heteroatoms. The number of hydrogen-bond donors (Lipinski definition) is 1. The highest BCUT2D eigenvalue weighted by atomic mass is 79.9. The number of ketones is 1. The Morgan fingerprint density at radius 3 is 2.32 bits per heavy atom. The molecule has 2 heterocycles. The number of aliphatic imine (C=N–C) groups is 1. The molecule has 6 nitrogen and oxygen atoms in total. The maximum absolute atomic E-state index is 14.0. The topological polar surface area (TPSA) is 84.3 Å². The van der Waals surface area contributed by atoms with Crippen LogP contribution in [0.25, 0.3) is 20.4 Å². The van der Waals surface area contributed by atoms with Crippen molar-refractivity contribution in [1.82, 2.24) is 9.97 Å². The minimum Gasteiger partial charge on any atom is -0.325 e. The van der Waals surface area contributed by atoms with Gasteiger partial charge in [-0.3, -0.25) is 14.6 Å². The summed E-state index contributed by atoms with van der Waals surface area (Å²) in [5, 5.41) is 3.24. The van der Waals surface area contributed by atoms with Crippen LogP contribution in [0.2, 0.25) is 5.02 Å². The molecule has 4 aromatic carbocycles. The second-order valence-corrected chi connectivity index (χ2v) is 15.1. The van der Waals surface area contributed by atoms with E-state index in [0.717, 1.165) is 33.6 Å². The number of nitrogens with zero attached hydrogens (tertiary/aromatic N) is 3. The van der Waals surface area contributed by atoms with Gasteiger partial charge in [-0.2, -0.15) is 0 Å². The molecule has 0 radical (unpaired) electrons. The van der Waals surface area contributed by atoms with Crippen molar-refractivity contribution in [2.75, 3.05) is 16.8 Å². The first-order chi connectivity index (χ1) is 21.3. The molecule has 2 aromatic heterocycles. The summed E-state index contributed by atoms with van der Waals surface area (Å²) in [6, 6.07) is 22.9. The van der Waals surface area contributed by atoms with E-state index < -0.39 is 5.82 Å². The molecule has 0 saturated heterocycles. The Bertz CT molecular complexity index is 2030. The summed E-state index contributed by atoms with van der Waals surface area (Å²) in [6.45, 7) is 0. The summed E-state index contributed by atoms with van der Waals surface area (Å²) in [6.07, 6.45) is 1.41. The monoisotopic (exact) mass is 740 g/mol. The van der Waals surface area contributed by atoms with Crippen molar-refractivity contribution >= 4 is 123 Å². The van der Waals surface area contributed by atoms with Crippen LogP contribution in [0.4, 0.5) is 15.8 Å². The first kappa shape index (κ1) is 30.9. The van der Waals surface area contributed by atoms with Crippen molar-refractivity contribution in [1.29, 1.82) is 0 Å². The third-order valence-electron chi connectivity index (χ3n) is 6.17. The van der Waals surface area contributed by atoms with Crippen LogP contribution in [0.5, 0.6) is 0 Å². The normalized spacial score (nSPS) is 11.5. The van der Waals surface area contributed by atoms with Crippen molar-refractivity contribution in [3.8, 4) is 0 Å². The molecule has 220 valence electrons. The zero-order chi connectivity index (χ0) is 30.6. The number of thiazole rings is 2. The van der Waals surface area contributed by atoms with Crippen LogP contribution in [0.15, 0.2) is 97.0 Å². The minimum absolute atomic E-state index is 0.0411. The average molecular weight is 742 g/mol. The number of nitrogens with one attached hydrogen (secondary N) is 1. The summed E-state index contributed by atoms with van der Waals surface area (Å²) < 4.78 is 18.4. The van der Waals surface area contributed by atoms with E-state index >= 15 is 0 Å². The van der Waals surface area contributed by atoms with Gasteiger partial charge in [0.25, 0.3) is 0 Å². The number of hydrogen-bond acceptors (Lipinski definition) is 9. The second-order valence-electron chi connectivity index (χ2n) is 9.24. The molecule has 44 heavy (non-hydrogen) atoms.